The van der Waals surface area contributed by atoms with Gasteiger partial charge in [0.25, 0.3) is 5.19 Å². The van der Waals surface area contributed by atoms with Crippen molar-refractivity contribution in [3.05, 3.63) is 53.3 Å². The van der Waals surface area contributed by atoms with E-state index < -0.39 is 15.7 Å². The van der Waals surface area contributed by atoms with Gasteiger partial charge in [-0.05, 0) is 49.2 Å². The molecular weight excluding hydrogens is 451 g/mol. The number of benzene rings is 2. The Morgan fingerprint density at radius 1 is 1.12 bits per heavy atom. The van der Waals surface area contributed by atoms with Gasteiger partial charge in [-0.15, -0.1) is 0 Å². The third kappa shape index (κ3) is 4.94. The van der Waals surface area contributed by atoms with Gasteiger partial charge in [0.1, 0.15) is 11.9 Å². The third-order valence-corrected chi connectivity index (χ3v) is 8.56. The first kappa shape index (κ1) is 22.7. The van der Waals surface area contributed by atoms with E-state index in [4.69, 9.17) is 4.74 Å². The Labute approximate surface area is 190 Å². The van der Waals surface area contributed by atoms with Crippen molar-refractivity contribution in [3.63, 3.8) is 0 Å². The maximum absolute atomic E-state index is 13.0. The summed E-state index contributed by atoms with van der Waals surface area (Å²) >= 11 is 1.54. The van der Waals surface area contributed by atoms with Crippen LogP contribution in [0.3, 0.4) is 0 Å². The maximum Gasteiger partial charge on any atom is 0.274 e. The molecule has 1 aliphatic heterocycles. The van der Waals surface area contributed by atoms with Crippen molar-refractivity contribution in [1.82, 2.24) is 9.88 Å². The minimum absolute atomic E-state index is 0.0248. The number of halogens is 1. The lowest BCUT2D eigenvalue weighted by Crippen LogP contribution is -2.42. The van der Waals surface area contributed by atoms with E-state index in [1.807, 2.05) is 6.92 Å². The second-order valence-corrected chi connectivity index (χ2v) is 11.1. The molecule has 1 saturated heterocycles. The van der Waals surface area contributed by atoms with E-state index >= 15 is 0 Å². The Kier molecular flexibility index (Phi) is 6.48. The van der Waals surface area contributed by atoms with Crippen LogP contribution in [0.1, 0.15) is 30.4 Å². The molecule has 170 valence electrons. The first-order chi connectivity index (χ1) is 15.2. The van der Waals surface area contributed by atoms with Crippen LogP contribution in [0.2, 0.25) is 0 Å². The van der Waals surface area contributed by atoms with Crippen molar-refractivity contribution >= 4 is 37.3 Å². The van der Waals surface area contributed by atoms with Gasteiger partial charge in [0.2, 0.25) is 5.91 Å². The second-order valence-electron chi connectivity index (χ2n) is 8.08. The van der Waals surface area contributed by atoms with Crippen LogP contribution >= 0.6 is 11.3 Å². The molecule has 1 aromatic heterocycles. The number of sulfone groups is 1. The number of aromatic nitrogens is 1. The molecule has 0 spiro atoms. The number of thiazole rings is 1. The van der Waals surface area contributed by atoms with E-state index in [0.29, 0.717) is 31.1 Å². The van der Waals surface area contributed by atoms with Crippen molar-refractivity contribution in [2.45, 2.75) is 44.1 Å². The fourth-order valence-corrected chi connectivity index (χ4v) is 6.05. The zero-order chi connectivity index (χ0) is 22.9. The molecule has 0 radical (unpaired) electrons. The van der Waals surface area contributed by atoms with Gasteiger partial charge >= 0.3 is 0 Å². The summed E-state index contributed by atoms with van der Waals surface area (Å²) in [4.78, 5) is 18.9. The van der Waals surface area contributed by atoms with Gasteiger partial charge in [0.05, 0.1) is 20.9 Å². The molecule has 0 saturated carbocycles. The third-order valence-electron chi connectivity index (χ3n) is 5.74. The van der Waals surface area contributed by atoms with Crippen LogP contribution in [-0.4, -0.2) is 49.2 Å². The zero-order valence-electron chi connectivity index (χ0n) is 18.0. The normalized spacial score (nSPS) is 15.3. The van der Waals surface area contributed by atoms with E-state index in [1.165, 1.54) is 17.7 Å². The molecule has 1 aliphatic rings. The van der Waals surface area contributed by atoms with Crippen LogP contribution in [-0.2, 0) is 14.6 Å². The lowest BCUT2D eigenvalue weighted by atomic mass is 10.1. The number of fused-ring (bicyclic) bond motifs is 1. The Hall–Kier alpha value is -2.52. The number of carbonyl (C=O) groups excluding carboxylic acids is 1. The van der Waals surface area contributed by atoms with Gasteiger partial charge in [-0.3, -0.25) is 4.79 Å². The molecule has 3 aromatic rings. The number of aryl methyl sites for hydroxylation is 2. The average Bonchev–Trinajstić information content (AvgIpc) is 3.21. The molecule has 2 heterocycles. The highest BCUT2D eigenvalue weighted by Gasteiger charge is 2.26. The quantitative estimate of drug-likeness (QED) is 0.496. The number of rotatable bonds is 6. The standard InChI is InChI=1S/C23H25FN2O4S2/c1-15-3-4-16(2)22-21(15)25-23(31-22)30-18-9-12-26(13-10-18)20(27)11-14-32(28,29)19-7-5-17(24)6-8-19/h3-8,18H,9-14H2,1-2H3. The molecule has 0 aliphatic carbocycles. The number of nitrogens with zero attached hydrogens (tertiary/aromatic N) is 2. The first-order valence-electron chi connectivity index (χ1n) is 10.5. The lowest BCUT2D eigenvalue weighted by Gasteiger charge is -2.31. The fraction of sp³-hybridized carbons (Fsp3) is 0.391. The van der Waals surface area contributed by atoms with E-state index in [2.05, 4.69) is 24.0 Å². The van der Waals surface area contributed by atoms with E-state index in [0.717, 1.165) is 27.9 Å². The molecule has 0 N–H and O–H groups in total. The Morgan fingerprint density at radius 3 is 2.44 bits per heavy atom. The first-order valence-corrected chi connectivity index (χ1v) is 13.0. The van der Waals surface area contributed by atoms with Crippen LogP contribution in [0.15, 0.2) is 41.3 Å². The number of likely N-dealkylation sites (tertiary alicyclic amines) is 1. The van der Waals surface area contributed by atoms with Gasteiger partial charge in [-0.2, -0.15) is 0 Å². The SMILES string of the molecule is Cc1ccc(C)c2sc(OC3CCN(C(=O)CCS(=O)(=O)c4ccc(F)cc4)CC3)nc12. The Morgan fingerprint density at radius 2 is 1.78 bits per heavy atom. The summed E-state index contributed by atoms with van der Waals surface area (Å²) in [5, 5.41) is 0.646. The summed E-state index contributed by atoms with van der Waals surface area (Å²) in [5.74, 6) is -0.986. The molecule has 4 rings (SSSR count). The van der Waals surface area contributed by atoms with E-state index in [9.17, 15) is 17.6 Å². The minimum Gasteiger partial charge on any atom is -0.467 e. The van der Waals surface area contributed by atoms with Gasteiger partial charge in [-0.1, -0.05) is 23.5 Å². The van der Waals surface area contributed by atoms with Crippen molar-refractivity contribution in [3.8, 4) is 5.19 Å². The zero-order valence-corrected chi connectivity index (χ0v) is 19.6. The van der Waals surface area contributed by atoms with Crippen molar-refractivity contribution in [2.75, 3.05) is 18.8 Å². The van der Waals surface area contributed by atoms with Crippen LogP contribution in [0.25, 0.3) is 10.2 Å². The molecule has 0 atom stereocenters. The van der Waals surface area contributed by atoms with Gasteiger partial charge < -0.3 is 9.64 Å². The summed E-state index contributed by atoms with van der Waals surface area (Å²) in [5.41, 5.74) is 3.27. The maximum atomic E-state index is 13.0. The predicted molar refractivity (Wildman–Crippen MR) is 122 cm³/mol. The van der Waals surface area contributed by atoms with E-state index in [1.54, 1.807) is 16.2 Å². The fourth-order valence-electron chi connectivity index (χ4n) is 3.80. The lowest BCUT2D eigenvalue weighted by molar-refractivity contribution is -0.132. The highest BCUT2D eigenvalue weighted by Crippen LogP contribution is 2.33. The van der Waals surface area contributed by atoms with E-state index in [-0.39, 0.29) is 29.1 Å². The number of hydrogen-bond acceptors (Lipinski definition) is 6. The van der Waals surface area contributed by atoms with Crippen molar-refractivity contribution in [2.24, 2.45) is 0 Å². The number of carbonyl (C=O) groups is 1. The van der Waals surface area contributed by atoms with Crippen LogP contribution in [0, 0.1) is 19.7 Å². The number of piperidine rings is 1. The second kappa shape index (κ2) is 9.15. The molecule has 0 bridgehead atoms. The smallest absolute Gasteiger partial charge is 0.274 e. The highest BCUT2D eigenvalue weighted by molar-refractivity contribution is 7.91. The Bertz CT molecular complexity index is 1190. The summed E-state index contributed by atoms with van der Waals surface area (Å²) in [6.07, 6.45) is 1.22. The summed E-state index contributed by atoms with van der Waals surface area (Å²) < 4.78 is 45.0. The molecule has 6 nitrogen and oxygen atoms in total. The van der Waals surface area contributed by atoms with Gasteiger partial charge in [-0.25, -0.2) is 17.8 Å². The van der Waals surface area contributed by atoms with Crippen molar-refractivity contribution in [1.29, 1.82) is 0 Å². The average molecular weight is 477 g/mol. The minimum atomic E-state index is -3.63. The molecule has 0 unspecified atom stereocenters. The number of hydrogen-bond donors (Lipinski definition) is 0. The number of amides is 1. The van der Waals surface area contributed by atoms with Crippen molar-refractivity contribution < 1.29 is 22.3 Å². The van der Waals surface area contributed by atoms with Gasteiger partial charge in [0, 0.05) is 32.4 Å². The highest BCUT2D eigenvalue weighted by atomic mass is 32.2. The predicted octanol–water partition coefficient (Wildman–Crippen LogP) is 4.29. The molecule has 9 heteroatoms. The topological polar surface area (TPSA) is 76.6 Å². The summed E-state index contributed by atoms with van der Waals surface area (Å²) in [6.45, 7) is 5.13. The molecular formula is C23H25FN2O4S2. The molecule has 1 fully saturated rings. The van der Waals surface area contributed by atoms with Crippen LogP contribution in [0.5, 0.6) is 5.19 Å². The Balaban J connectivity index is 1.30. The molecule has 32 heavy (non-hydrogen) atoms. The van der Waals surface area contributed by atoms with Crippen LogP contribution in [0.4, 0.5) is 4.39 Å². The largest absolute Gasteiger partial charge is 0.467 e. The number of ether oxygens (including phenoxy) is 1. The van der Waals surface area contributed by atoms with Crippen LogP contribution < -0.4 is 4.74 Å². The van der Waals surface area contributed by atoms with Gasteiger partial charge in [0.15, 0.2) is 9.84 Å². The summed E-state index contributed by atoms with van der Waals surface area (Å²) in [6, 6.07) is 8.80. The monoisotopic (exact) mass is 476 g/mol. The summed E-state index contributed by atoms with van der Waals surface area (Å²) in [7, 11) is -3.63. The molecule has 1 amide bonds. The molecule has 2 aromatic carbocycles.